The van der Waals surface area contributed by atoms with Crippen LogP contribution in [-0.4, -0.2) is 15.6 Å². The normalized spacial score (nSPS) is 10.9. The van der Waals surface area contributed by atoms with E-state index >= 15 is 0 Å². The third-order valence-electron chi connectivity index (χ3n) is 4.67. The average molecular weight is 389 g/mol. The van der Waals surface area contributed by atoms with Gasteiger partial charge in [-0.1, -0.05) is 29.8 Å². The van der Waals surface area contributed by atoms with Crippen LogP contribution in [0.15, 0.2) is 76.1 Å². The maximum Gasteiger partial charge on any atom is 0.371 e. The van der Waals surface area contributed by atoms with E-state index in [0.29, 0.717) is 23.5 Å². The van der Waals surface area contributed by atoms with Crippen molar-refractivity contribution in [2.75, 3.05) is 0 Å². The fraction of sp³-hybridized carbons (Fsp3) is 0.130. The number of pyridine rings is 1. The molecule has 0 aliphatic rings. The molecular weight excluding hydrogens is 370 g/mol. The summed E-state index contributed by atoms with van der Waals surface area (Å²) in [5, 5.41) is 10.3. The van der Waals surface area contributed by atoms with E-state index in [0.717, 1.165) is 10.9 Å². The summed E-state index contributed by atoms with van der Waals surface area (Å²) in [6, 6.07) is 18.3. The monoisotopic (exact) mass is 389 g/mol. The topological polar surface area (TPSA) is 81.7 Å². The Morgan fingerprint density at radius 2 is 1.86 bits per heavy atom. The van der Waals surface area contributed by atoms with Gasteiger partial charge < -0.3 is 18.8 Å². The summed E-state index contributed by atoms with van der Waals surface area (Å²) in [6.45, 7) is 2.65. The molecule has 0 amide bonds. The van der Waals surface area contributed by atoms with Crippen molar-refractivity contribution in [1.82, 2.24) is 4.57 Å². The van der Waals surface area contributed by atoms with Crippen LogP contribution in [0.4, 0.5) is 0 Å². The van der Waals surface area contributed by atoms with Gasteiger partial charge in [-0.05, 0) is 54.3 Å². The molecule has 0 fully saturated rings. The third kappa shape index (κ3) is 4.06. The van der Waals surface area contributed by atoms with Crippen molar-refractivity contribution in [3.05, 3.63) is 99.9 Å². The average Bonchev–Trinajstić information content (AvgIpc) is 3.19. The molecule has 146 valence electrons. The minimum absolute atomic E-state index is 0.149. The van der Waals surface area contributed by atoms with Gasteiger partial charge in [-0.3, -0.25) is 4.79 Å². The van der Waals surface area contributed by atoms with E-state index in [4.69, 9.17) is 14.3 Å². The van der Waals surface area contributed by atoms with Gasteiger partial charge in [0, 0.05) is 11.6 Å². The van der Waals surface area contributed by atoms with Crippen LogP contribution in [0.25, 0.3) is 10.8 Å². The molecular formula is C23H19NO5. The highest BCUT2D eigenvalue weighted by molar-refractivity contribution is 5.84. The van der Waals surface area contributed by atoms with E-state index < -0.39 is 5.97 Å². The number of aromatic carboxylic acids is 1. The number of carboxylic acids is 1. The van der Waals surface area contributed by atoms with Crippen LogP contribution in [0.2, 0.25) is 0 Å². The van der Waals surface area contributed by atoms with E-state index in [9.17, 15) is 9.59 Å². The zero-order valence-electron chi connectivity index (χ0n) is 15.8. The Balaban J connectivity index is 1.53. The molecule has 0 saturated carbocycles. The maximum absolute atomic E-state index is 12.8. The van der Waals surface area contributed by atoms with Crippen LogP contribution in [0.1, 0.15) is 27.4 Å². The summed E-state index contributed by atoms with van der Waals surface area (Å²) in [5.41, 5.74) is 2.09. The number of rotatable bonds is 6. The first-order valence-electron chi connectivity index (χ1n) is 9.13. The SMILES string of the molecule is Cc1ccc(COc2ccc3c(=O)n(Cc4ccc(C(=O)O)o4)ccc3c2)cc1. The molecule has 4 aromatic rings. The first-order chi connectivity index (χ1) is 14.0. The van der Waals surface area contributed by atoms with Crippen molar-refractivity contribution in [3.8, 4) is 5.75 Å². The Hall–Kier alpha value is -3.80. The molecule has 2 heterocycles. The summed E-state index contributed by atoms with van der Waals surface area (Å²) < 4.78 is 12.6. The minimum atomic E-state index is -1.14. The van der Waals surface area contributed by atoms with Crippen molar-refractivity contribution in [3.63, 3.8) is 0 Å². The molecule has 1 N–H and O–H groups in total. The summed E-state index contributed by atoms with van der Waals surface area (Å²) in [7, 11) is 0. The van der Waals surface area contributed by atoms with Gasteiger partial charge in [0.05, 0.1) is 6.54 Å². The molecule has 6 heteroatoms. The molecule has 2 aromatic carbocycles. The summed E-state index contributed by atoms with van der Waals surface area (Å²) in [4.78, 5) is 23.7. The number of hydrogen-bond donors (Lipinski definition) is 1. The molecule has 0 saturated heterocycles. The number of carboxylic acid groups (broad SMARTS) is 1. The summed E-state index contributed by atoms with van der Waals surface area (Å²) in [6.07, 6.45) is 1.66. The van der Waals surface area contributed by atoms with Crippen molar-refractivity contribution in [2.24, 2.45) is 0 Å². The summed E-state index contributed by atoms with van der Waals surface area (Å²) in [5.74, 6) is -0.196. The van der Waals surface area contributed by atoms with Crippen LogP contribution in [0.5, 0.6) is 5.75 Å². The van der Waals surface area contributed by atoms with Crippen LogP contribution >= 0.6 is 0 Å². The zero-order chi connectivity index (χ0) is 20.4. The zero-order valence-corrected chi connectivity index (χ0v) is 15.8. The highest BCUT2D eigenvalue weighted by Crippen LogP contribution is 2.20. The van der Waals surface area contributed by atoms with E-state index in [2.05, 4.69) is 0 Å². The molecule has 0 aliphatic carbocycles. The fourth-order valence-electron chi connectivity index (χ4n) is 3.08. The van der Waals surface area contributed by atoms with E-state index in [1.165, 1.54) is 16.2 Å². The quantitative estimate of drug-likeness (QED) is 0.534. The standard InChI is InChI=1S/C23H19NO5/c1-15-2-4-16(5-3-15)14-28-18-6-8-20-17(12-18)10-11-24(22(20)25)13-19-7-9-21(29-19)23(26)27/h2-12H,13-14H2,1H3,(H,26,27). The van der Waals surface area contributed by atoms with Gasteiger partial charge >= 0.3 is 5.97 Å². The number of ether oxygens (including phenoxy) is 1. The van der Waals surface area contributed by atoms with Crippen molar-refractivity contribution in [1.29, 1.82) is 0 Å². The molecule has 6 nitrogen and oxygen atoms in total. The molecule has 0 unspecified atom stereocenters. The van der Waals surface area contributed by atoms with Gasteiger partial charge in [0.2, 0.25) is 5.76 Å². The molecule has 0 aliphatic heterocycles. The Kier molecular flexibility index (Phi) is 4.91. The molecule has 2 aromatic heterocycles. The lowest BCUT2D eigenvalue weighted by atomic mass is 10.1. The van der Waals surface area contributed by atoms with E-state index in [-0.39, 0.29) is 17.9 Å². The molecule has 4 rings (SSSR count). The smallest absolute Gasteiger partial charge is 0.371 e. The number of hydrogen-bond acceptors (Lipinski definition) is 4. The van der Waals surface area contributed by atoms with Crippen molar-refractivity contribution < 1.29 is 19.1 Å². The fourth-order valence-corrected chi connectivity index (χ4v) is 3.08. The van der Waals surface area contributed by atoms with Crippen molar-refractivity contribution in [2.45, 2.75) is 20.1 Å². The lowest BCUT2D eigenvalue weighted by Crippen LogP contribution is -2.19. The number of carbonyl (C=O) groups is 1. The predicted octanol–water partition coefficient (Wildman–Crippen LogP) is 4.23. The number of benzene rings is 2. The van der Waals surface area contributed by atoms with Crippen LogP contribution < -0.4 is 10.3 Å². The highest BCUT2D eigenvalue weighted by atomic mass is 16.5. The number of furan rings is 1. The van der Waals surface area contributed by atoms with E-state index in [1.807, 2.05) is 43.3 Å². The maximum atomic E-state index is 12.8. The minimum Gasteiger partial charge on any atom is -0.489 e. The van der Waals surface area contributed by atoms with Crippen LogP contribution in [0.3, 0.4) is 0 Å². The lowest BCUT2D eigenvalue weighted by Gasteiger charge is -2.09. The number of nitrogens with zero attached hydrogens (tertiary/aromatic N) is 1. The lowest BCUT2D eigenvalue weighted by molar-refractivity contribution is 0.0660. The number of aryl methyl sites for hydroxylation is 1. The van der Waals surface area contributed by atoms with E-state index in [1.54, 1.807) is 24.4 Å². The van der Waals surface area contributed by atoms with Crippen LogP contribution in [-0.2, 0) is 13.2 Å². The number of aromatic nitrogens is 1. The molecule has 0 spiro atoms. The molecule has 29 heavy (non-hydrogen) atoms. The predicted molar refractivity (Wildman–Crippen MR) is 108 cm³/mol. The van der Waals surface area contributed by atoms with Gasteiger partial charge in [0.1, 0.15) is 18.1 Å². The largest absolute Gasteiger partial charge is 0.489 e. The Morgan fingerprint density at radius 3 is 2.59 bits per heavy atom. The Bertz CT molecular complexity index is 1230. The Morgan fingerprint density at radius 1 is 1.07 bits per heavy atom. The number of fused-ring (bicyclic) bond motifs is 1. The second-order valence-corrected chi connectivity index (χ2v) is 6.84. The first-order valence-corrected chi connectivity index (χ1v) is 9.13. The molecule has 0 radical (unpaired) electrons. The summed E-state index contributed by atoms with van der Waals surface area (Å²) >= 11 is 0. The Labute approximate surface area is 166 Å². The van der Waals surface area contributed by atoms with Crippen molar-refractivity contribution >= 4 is 16.7 Å². The molecule has 0 atom stereocenters. The van der Waals surface area contributed by atoms with Gasteiger partial charge in [-0.15, -0.1) is 0 Å². The molecule has 0 bridgehead atoms. The van der Waals surface area contributed by atoms with Gasteiger partial charge in [-0.2, -0.15) is 0 Å². The second-order valence-electron chi connectivity index (χ2n) is 6.84. The van der Waals surface area contributed by atoms with Gasteiger partial charge in [0.15, 0.2) is 0 Å². The van der Waals surface area contributed by atoms with Crippen LogP contribution in [0, 0.1) is 6.92 Å². The highest BCUT2D eigenvalue weighted by Gasteiger charge is 2.11. The van der Waals surface area contributed by atoms with Gasteiger partial charge in [0.25, 0.3) is 5.56 Å². The third-order valence-corrected chi connectivity index (χ3v) is 4.67. The van der Waals surface area contributed by atoms with Gasteiger partial charge in [-0.25, -0.2) is 4.79 Å². The first kappa shape index (κ1) is 18.6. The second kappa shape index (κ2) is 7.67.